The Kier molecular flexibility index (Phi) is 8.08. The summed E-state index contributed by atoms with van der Waals surface area (Å²) >= 11 is 0. The molecule has 13 rings (SSSR count). The molecule has 13 aromatic rings. The van der Waals surface area contributed by atoms with Gasteiger partial charge in [-0.2, -0.15) is 0 Å². The third-order valence-corrected chi connectivity index (χ3v) is 12.4. The summed E-state index contributed by atoms with van der Waals surface area (Å²) in [4.78, 5) is 26.4. The van der Waals surface area contributed by atoms with Crippen molar-refractivity contribution in [2.24, 2.45) is 0 Å². The predicted molar refractivity (Wildman–Crippen MR) is 260 cm³/mol. The van der Waals surface area contributed by atoms with Crippen molar-refractivity contribution in [3.8, 4) is 62.4 Å². The number of imidazole rings is 1. The van der Waals surface area contributed by atoms with Gasteiger partial charge in [-0.05, 0) is 64.0 Å². The van der Waals surface area contributed by atoms with E-state index in [-0.39, 0.29) is 0 Å². The summed E-state index contributed by atoms with van der Waals surface area (Å²) in [5, 5.41) is 5.25. The van der Waals surface area contributed by atoms with Crippen LogP contribution >= 0.6 is 0 Å². The third-order valence-electron chi connectivity index (χ3n) is 12.4. The van der Waals surface area contributed by atoms with Crippen molar-refractivity contribution in [2.45, 2.75) is 0 Å². The summed E-state index contributed by atoms with van der Waals surface area (Å²) in [6, 6.07) is 73.8. The number of benzene rings is 9. The first kappa shape index (κ1) is 35.9. The number of fused-ring (bicyclic) bond motifs is 10. The minimum absolute atomic E-state index is 0.598. The van der Waals surface area contributed by atoms with Crippen molar-refractivity contribution >= 4 is 60.2 Å². The van der Waals surface area contributed by atoms with Crippen LogP contribution in [0.15, 0.2) is 212 Å². The largest absolute Gasteiger partial charge is 0.278 e. The normalized spacial score (nSPS) is 11.8. The molecule has 0 amide bonds. The molecule has 9 aromatic carbocycles. The van der Waals surface area contributed by atoms with E-state index in [4.69, 9.17) is 24.9 Å². The minimum atomic E-state index is 0.598. The van der Waals surface area contributed by atoms with Crippen LogP contribution in [0.1, 0.15) is 0 Å². The van der Waals surface area contributed by atoms with Gasteiger partial charge in [0.25, 0.3) is 0 Å². The van der Waals surface area contributed by atoms with E-state index in [0.717, 1.165) is 105 Å². The lowest BCUT2D eigenvalue weighted by atomic mass is 9.99. The van der Waals surface area contributed by atoms with Gasteiger partial charge in [0.15, 0.2) is 17.5 Å². The summed E-state index contributed by atoms with van der Waals surface area (Å²) in [5.74, 6) is 2.58. The molecule has 0 aliphatic rings. The zero-order chi connectivity index (χ0) is 42.1. The van der Waals surface area contributed by atoms with E-state index in [1.807, 2.05) is 24.3 Å². The van der Waals surface area contributed by atoms with Crippen LogP contribution in [0.5, 0.6) is 0 Å². The Balaban J connectivity index is 1.07. The molecule has 4 aromatic heterocycles. The highest BCUT2D eigenvalue weighted by Crippen LogP contribution is 2.42. The fourth-order valence-electron chi connectivity index (χ4n) is 9.33. The smallest absolute Gasteiger partial charge is 0.221 e. The predicted octanol–water partition coefficient (Wildman–Crippen LogP) is 13.8. The number of hydrogen-bond acceptors (Lipinski definition) is 5. The maximum absolute atomic E-state index is 5.45. The van der Waals surface area contributed by atoms with Crippen LogP contribution in [0.4, 0.5) is 0 Å². The first-order valence-corrected chi connectivity index (χ1v) is 21.4. The molecule has 298 valence electrons. The minimum Gasteiger partial charge on any atom is -0.278 e. The van der Waals surface area contributed by atoms with Crippen LogP contribution < -0.4 is 0 Å². The molecule has 0 unspecified atom stereocenters. The molecule has 0 saturated heterocycles. The maximum Gasteiger partial charge on any atom is 0.221 e. The standard InChI is InChI=1S/C57H35N7/c1-3-15-36(16-4-1)38-27-31-40(32-28-38)53-60-54(41-33-29-39(30-34-41)37-17-5-2-6-18-37)62-55(61-53)47-35-46-43-20-10-13-25-50(43)63(52(46)44-21-8-7-19-42(44)47)57-59-48-23-11-9-22-45(48)56-58-49-24-12-14-26-51(49)64(56)57/h1-35H. The molecule has 0 atom stereocenters. The highest BCUT2D eigenvalue weighted by atomic mass is 15.2. The number of rotatable bonds is 6. The SMILES string of the molecule is c1ccc(-c2ccc(-c3nc(-c4ccc(-c5ccccc5)cc4)nc(-c4cc5c6ccccc6n(-c6nc7ccccc7c7nc8ccccc8n67)c5c5ccccc45)n3)cc2)cc1. The molecular formula is C57H35N7. The zero-order valence-corrected chi connectivity index (χ0v) is 34.3. The van der Waals surface area contributed by atoms with Crippen LogP contribution in [0, 0.1) is 0 Å². The Morgan fingerprint density at radius 3 is 1.41 bits per heavy atom. The Morgan fingerprint density at radius 2 is 0.766 bits per heavy atom. The van der Waals surface area contributed by atoms with Gasteiger partial charge < -0.3 is 0 Å². The van der Waals surface area contributed by atoms with Crippen LogP contribution in [0.3, 0.4) is 0 Å². The van der Waals surface area contributed by atoms with Crippen LogP contribution in [-0.2, 0) is 0 Å². The molecular weight excluding hydrogens is 783 g/mol. The average molecular weight is 818 g/mol. The highest BCUT2D eigenvalue weighted by molar-refractivity contribution is 6.22. The fraction of sp³-hybridized carbons (Fsp3) is 0. The fourth-order valence-corrected chi connectivity index (χ4v) is 9.33. The molecule has 0 fully saturated rings. The van der Waals surface area contributed by atoms with E-state index in [9.17, 15) is 0 Å². The molecule has 4 heterocycles. The van der Waals surface area contributed by atoms with Crippen LogP contribution in [-0.4, -0.2) is 33.9 Å². The average Bonchev–Trinajstić information content (AvgIpc) is 3.93. The van der Waals surface area contributed by atoms with E-state index in [2.05, 4.69) is 197 Å². The summed E-state index contributed by atoms with van der Waals surface area (Å²) in [7, 11) is 0. The Bertz CT molecular complexity index is 3830. The van der Waals surface area contributed by atoms with E-state index in [1.165, 1.54) is 0 Å². The maximum atomic E-state index is 5.45. The van der Waals surface area contributed by atoms with Crippen molar-refractivity contribution in [3.63, 3.8) is 0 Å². The summed E-state index contributed by atoms with van der Waals surface area (Å²) < 4.78 is 4.53. The van der Waals surface area contributed by atoms with Gasteiger partial charge in [-0.15, -0.1) is 0 Å². The monoisotopic (exact) mass is 817 g/mol. The molecule has 0 aliphatic heterocycles. The topological polar surface area (TPSA) is 73.8 Å². The summed E-state index contributed by atoms with van der Waals surface area (Å²) in [5.41, 5.74) is 13.1. The van der Waals surface area contributed by atoms with Crippen molar-refractivity contribution in [1.82, 2.24) is 33.9 Å². The van der Waals surface area contributed by atoms with Crippen molar-refractivity contribution in [3.05, 3.63) is 212 Å². The molecule has 0 bridgehead atoms. The van der Waals surface area contributed by atoms with E-state index in [1.54, 1.807) is 0 Å². The van der Waals surface area contributed by atoms with Gasteiger partial charge in [-0.25, -0.2) is 24.9 Å². The molecule has 0 radical (unpaired) electrons. The van der Waals surface area contributed by atoms with Crippen molar-refractivity contribution in [2.75, 3.05) is 0 Å². The first-order chi connectivity index (χ1) is 31.7. The van der Waals surface area contributed by atoms with E-state index in [0.29, 0.717) is 17.5 Å². The van der Waals surface area contributed by atoms with Gasteiger partial charge in [-0.1, -0.05) is 176 Å². The third kappa shape index (κ3) is 5.72. The second-order valence-electron chi connectivity index (χ2n) is 16.1. The molecule has 7 heteroatoms. The van der Waals surface area contributed by atoms with E-state index >= 15 is 0 Å². The van der Waals surface area contributed by atoms with Crippen molar-refractivity contribution < 1.29 is 0 Å². The van der Waals surface area contributed by atoms with Crippen LogP contribution in [0.2, 0.25) is 0 Å². The van der Waals surface area contributed by atoms with Gasteiger partial charge in [0.1, 0.15) is 5.65 Å². The van der Waals surface area contributed by atoms with Gasteiger partial charge in [0.2, 0.25) is 5.95 Å². The summed E-state index contributed by atoms with van der Waals surface area (Å²) in [6.45, 7) is 0. The molecule has 0 spiro atoms. The number of hydrogen-bond donors (Lipinski definition) is 0. The lowest BCUT2D eigenvalue weighted by Gasteiger charge is -2.15. The highest BCUT2D eigenvalue weighted by Gasteiger charge is 2.24. The molecule has 64 heavy (non-hydrogen) atoms. The van der Waals surface area contributed by atoms with Gasteiger partial charge in [0, 0.05) is 38.2 Å². The van der Waals surface area contributed by atoms with Crippen LogP contribution in [0.25, 0.3) is 123 Å². The van der Waals surface area contributed by atoms with Gasteiger partial charge in [0.05, 0.1) is 27.6 Å². The molecule has 0 N–H and O–H groups in total. The van der Waals surface area contributed by atoms with E-state index < -0.39 is 0 Å². The summed E-state index contributed by atoms with van der Waals surface area (Å²) in [6.07, 6.45) is 0. The molecule has 0 aliphatic carbocycles. The number of para-hydroxylation sites is 4. The van der Waals surface area contributed by atoms with Gasteiger partial charge >= 0.3 is 0 Å². The Hall–Kier alpha value is -8.81. The Morgan fingerprint density at radius 1 is 0.297 bits per heavy atom. The second kappa shape index (κ2) is 14.4. The number of aromatic nitrogens is 7. The lowest BCUT2D eigenvalue weighted by molar-refractivity contribution is 0.981. The quantitative estimate of drug-likeness (QED) is 0.167. The van der Waals surface area contributed by atoms with Crippen molar-refractivity contribution in [1.29, 1.82) is 0 Å². The number of nitrogens with zero attached hydrogens (tertiary/aromatic N) is 7. The first-order valence-electron chi connectivity index (χ1n) is 21.4. The van der Waals surface area contributed by atoms with Gasteiger partial charge in [-0.3, -0.25) is 8.97 Å². The Labute approximate surface area is 367 Å². The zero-order valence-electron chi connectivity index (χ0n) is 34.3. The lowest BCUT2D eigenvalue weighted by Crippen LogP contribution is -2.06. The molecule has 7 nitrogen and oxygen atoms in total. The molecule has 0 saturated carbocycles. The second-order valence-corrected chi connectivity index (χ2v) is 16.1.